The summed E-state index contributed by atoms with van der Waals surface area (Å²) in [5, 5.41) is 3.45. The minimum absolute atomic E-state index is 0.0553. The van der Waals surface area contributed by atoms with Gasteiger partial charge in [0.1, 0.15) is 0 Å². The number of nitrogens with one attached hydrogen (secondary N) is 1. The van der Waals surface area contributed by atoms with E-state index in [1.54, 1.807) is 42.0 Å². The highest BCUT2D eigenvalue weighted by Gasteiger charge is 2.27. The number of aromatic nitrogens is 2. The molecule has 1 atom stereocenters. The van der Waals surface area contributed by atoms with Gasteiger partial charge in [0.05, 0.1) is 6.04 Å². The van der Waals surface area contributed by atoms with Crippen LogP contribution in [0.1, 0.15) is 35.3 Å². The monoisotopic (exact) mass is 343 g/mol. The first-order chi connectivity index (χ1) is 11.5. The summed E-state index contributed by atoms with van der Waals surface area (Å²) in [6.45, 7) is 3.20. The number of Topliss-reactive ketones (excluding diaryl/α,β-unsaturated/α-hetero) is 1. The van der Waals surface area contributed by atoms with E-state index in [-0.39, 0.29) is 29.7 Å². The molecule has 2 heterocycles. The lowest BCUT2D eigenvalue weighted by Crippen LogP contribution is -2.28. The average molecular weight is 343 g/mol. The van der Waals surface area contributed by atoms with Crippen molar-refractivity contribution in [3.8, 4) is 0 Å². The van der Waals surface area contributed by atoms with Crippen LogP contribution in [0.2, 0.25) is 0 Å². The Labute approximate surface area is 143 Å². The number of carbonyl (C=O) groups is 2. The van der Waals surface area contributed by atoms with E-state index in [1.165, 1.54) is 18.7 Å². The van der Waals surface area contributed by atoms with Crippen LogP contribution in [0.3, 0.4) is 0 Å². The molecule has 1 N–H and O–H groups in total. The summed E-state index contributed by atoms with van der Waals surface area (Å²) in [5.41, 5.74) is 1.60. The van der Waals surface area contributed by atoms with Crippen LogP contribution < -0.4 is 10.9 Å². The van der Waals surface area contributed by atoms with Gasteiger partial charge in [-0.25, -0.2) is 4.98 Å². The topological polar surface area (TPSA) is 81.1 Å². The van der Waals surface area contributed by atoms with E-state index in [2.05, 4.69) is 10.3 Å². The van der Waals surface area contributed by atoms with E-state index in [1.807, 2.05) is 0 Å². The van der Waals surface area contributed by atoms with E-state index in [4.69, 9.17) is 0 Å². The summed E-state index contributed by atoms with van der Waals surface area (Å²) in [6, 6.07) is 6.61. The highest BCUT2D eigenvalue weighted by Crippen LogP contribution is 2.32. The van der Waals surface area contributed by atoms with Crippen molar-refractivity contribution in [2.24, 2.45) is 0 Å². The highest BCUT2D eigenvalue weighted by atomic mass is 32.2. The van der Waals surface area contributed by atoms with Crippen molar-refractivity contribution in [3.05, 3.63) is 51.9 Å². The highest BCUT2D eigenvalue weighted by molar-refractivity contribution is 7.99. The van der Waals surface area contributed by atoms with Gasteiger partial charge in [0.25, 0.3) is 5.56 Å². The number of aryl methyl sites for hydroxylation is 1. The minimum atomic E-state index is -0.208. The molecular weight excluding hydrogens is 326 g/mol. The second-order valence-corrected chi connectivity index (χ2v) is 6.74. The SMILES string of the molecule is CC(=O)c1cccc(NC(=O)CC2CSc3ncc(C)c(=O)n32)c1. The third-order valence-electron chi connectivity index (χ3n) is 3.87. The molecule has 124 valence electrons. The maximum atomic E-state index is 12.3. The number of carbonyl (C=O) groups excluding carboxylic acids is 2. The maximum absolute atomic E-state index is 12.3. The predicted octanol–water partition coefficient (Wildman–Crippen LogP) is 2.43. The molecule has 0 saturated heterocycles. The number of thioether (sulfide) groups is 1. The lowest BCUT2D eigenvalue weighted by Gasteiger charge is -2.14. The molecule has 0 radical (unpaired) electrons. The Hall–Kier alpha value is -2.41. The van der Waals surface area contributed by atoms with Crippen molar-refractivity contribution in [1.29, 1.82) is 0 Å². The Balaban J connectivity index is 1.74. The zero-order valence-electron chi connectivity index (χ0n) is 13.4. The summed E-state index contributed by atoms with van der Waals surface area (Å²) in [6.07, 6.45) is 1.76. The fraction of sp³-hybridized carbons (Fsp3) is 0.294. The maximum Gasteiger partial charge on any atom is 0.257 e. The van der Waals surface area contributed by atoms with Crippen molar-refractivity contribution in [2.45, 2.75) is 31.5 Å². The van der Waals surface area contributed by atoms with E-state index in [9.17, 15) is 14.4 Å². The van der Waals surface area contributed by atoms with E-state index in [0.717, 1.165) is 0 Å². The first-order valence-corrected chi connectivity index (χ1v) is 8.56. The molecule has 0 fully saturated rings. The van der Waals surface area contributed by atoms with Crippen LogP contribution in [0.25, 0.3) is 0 Å². The van der Waals surface area contributed by atoms with Gasteiger partial charge >= 0.3 is 0 Å². The number of amides is 1. The van der Waals surface area contributed by atoms with Gasteiger partial charge in [-0.05, 0) is 26.0 Å². The molecule has 0 bridgehead atoms. The first kappa shape index (κ1) is 16.4. The first-order valence-electron chi connectivity index (χ1n) is 7.57. The quantitative estimate of drug-likeness (QED) is 0.681. The second kappa shape index (κ2) is 6.60. The Morgan fingerprint density at radius 3 is 2.96 bits per heavy atom. The van der Waals surface area contributed by atoms with E-state index >= 15 is 0 Å². The molecule has 0 spiro atoms. The van der Waals surface area contributed by atoms with Gasteiger partial charge < -0.3 is 5.32 Å². The summed E-state index contributed by atoms with van der Waals surface area (Å²) >= 11 is 1.48. The largest absolute Gasteiger partial charge is 0.326 e. The zero-order valence-corrected chi connectivity index (χ0v) is 14.2. The molecule has 24 heavy (non-hydrogen) atoms. The van der Waals surface area contributed by atoms with Crippen molar-refractivity contribution in [2.75, 3.05) is 11.1 Å². The second-order valence-electron chi connectivity index (χ2n) is 5.75. The van der Waals surface area contributed by atoms with Crippen molar-refractivity contribution < 1.29 is 9.59 Å². The number of benzene rings is 1. The Bertz CT molecular complexity index is 876. The third kappa shape index (κ3) is 3.26. The molecule has 0 saturated carbocycles. The van der Waals surface area contributed by atoms with Crippen LogP contribution in [0.4, 0.5) is 5.69 Å². The molecule has 1 unspecified atom stereocenters. The normalized spacial score (nSPS) is 15.8. The van der Waals surface area contributed by atoms with Gasteiger partial charge in [-0.3, -0.25) is 19.0 Å². The summed E-state index contributed by atoms with van der Waals surface area (Å²) in [4.78, 5) is 40.2. The fourth-order valence-electron chi connectivity index (χ4n) is 2.61. The number of nitrogens with zero attached hydrogens (tertiary/aromatic N) is 2. The molecule has 1 aromatic carbocycles. The minimum Gasteiger partial charge on any atom is -0.326 e. The summed E-state index contributed by atoms with van der Waals surface area (Å²) in [7, 11) is 0. The van der Waals surface area contributed by atoms with Crippen LogP contribution in [0, 0.1) is 6.92 Å². The molecule has 2 aromatic rings. The number of hydrogen-bond donors (Lipinski definition) is 1. The van der Waals surface area contributed by atoms with Gasteiger partial charge in [0.2, 0.25) is 5.91 Å². The smallest absolute Gasteiger partial charge is 0.257 e. The van der Waals surface area contributed by atoms with Crippen LogP contribution in [-0.2, 0) is 4.79 Å². The van der Waals surface area contributed by atoms with Gasteiger partial charge in [-0.2, -0.15) is 0 Å². The van der Waals surface area contributed by atoms with Crippen molar-refractivity contribution >= 4 is 29.1 Å². The molecule has 1 amide bonds. The Morgan fingerprint density at radius 1 is 1.42 bits per heavy atom. The van der Waals surface area contributed by atoms with Crippen LogP contribution >= 0.6 is 11.8 Å². The molecule has 0 aliphatic carbocycles. The van der Waals surface area contributed by atoms with E-state index in [0.29, 0.717) is 27.7 Å². The van der Waals surface area contributed by atoms with Gasteiger partial charge in [-0.15, -0.1) is 0 Å². The molecule has 1 aliphatic heterocycles. The third-order valence-corrected chi connectivity index (χ3v) is 4.99. The molecule has 7 heteroatoms. The van der Waals surface area contributed by atoms with Gasteiger partial charge in [0, 0.05) is 35.2 Å². The standard InChI is InChI=1S/C17H17N3O3S/c1-10-8-18-17-20(16(10)23)14(9-24-17)7-15(22)19-13-5-3-4-12(6-13)11(2)21/h3-6,8,14H,7,9H2,1-2H3,(H,19,22). The lowest BCUT2D eigenvalue weighted by molar-refractivity contribution is -0.116. The number of hydrogen-bond acceptors (Lipinski definition) is 5. The zero-order chi connectivity index (χ0) is 17.3. The summed E-state index contributed by atoms with van der Waals surface area (Å²) < 4.78 is 1.60. The van der Waals surface area contributed by atoms with Crippen molar-refractivity contribution in [1.82, 2.24) is 9.55 Å². The van der Waals surface area contributed by atoms with Crippen LogP contribution in [0.5, 0.6) is 0 Å². The average Bonchev–Trinajstić information content (AvgIpc) is 2.94. The van der Waals surface area contributed by atoms with Crippen LogP contribution in [0.15, 0.2) is 40.4 Å². The molecule has 6 nitrogen and oxygen atoms in total. The fourth-order valence-corrected chi connectivity index (χ4v) is 3.72. The van der Waals surface area contributed by atoms with Crippen molar-refractivity contribution in [3.63, 3.8) is 0 Å². The number of anilines is 1. The molecule has 1 aliphatic rings. The number of ketones is 1. The summed E-state index contributed by atoms with van der Waals surface area (Å²) in [5.74, 6) is 0.398. The van der Waals surface area contributed by atoms with Gasteiger partial charge in [0.15, 0.2) is 10.9 Å². The molecule has 3 rings (SSSR count). The van der Waals surface area contributed by atoms with E-state index < -0.39 is 0 Å². The number of fused-ring (bicyclic) bond motifs is 1. The Kier molecular flexibility index (Phi) is 4.53. The van der Waals surface area contributed by atoms with Gasteiger partial charge in [-0.1, -0.05) is 23.9 Å². The Morgan fingerprint density at radius 2 is 2.21 bits per heavy atom. The number of rotatable bonds is 4. The lowest BCUT2D eigenvalue weighted by atomic mass is 10.1. The molecular formula is C17H17N3O3S. The molecule has 1 aromatic heterocycles. The predicted molar refractivity (Wildman–Crippen MR) is 92.7 cm³/mol. The van der Waals surface area contributed by atoms with Crippen LogP contribution in [-0.4, -0.2) is 27.0 Å².